The van der Waals surface area contributed by atoms with E-state index in [1.165, 1.54) is 0 Å². The average molecular weight is 398 g/mol. The molecule has 0 spiro atoms. The van der Waals surface area contributed by atoms with Crippen LogP contribution in [0.4, 0.5) is 5.69 Å². The van der Waals surface area contributed by atoms with Crippen molar-refractivity contribution in [2.24, 2.45) is 5.92 Å². The van der Waals surface area contributed by atoms with Crippen LogP contribution in [0.25, 0.3) is 5.65 Å². The predicted octanol–water partition coefficient (Wildman–Crippen LogP) is 3.58. The summed E-state index contributed by atoms with van der Waals surface area (Å²) in [5, 5.41) is 12.1. The van der Waals surface area contributed by atoms with E-state index in [-0.39, 0.29) is 5.91 Å². The molecule has 1 aliphatic rings. The summed E-state index contributed by atoms with van der Waals surface area (Å²) in [6, 6.07) is 11.6. The molecule has 6 nitrogen and oxygen atoms in total. The van der Waals surface area contributed by atoms with Gasteiger partial charge in [0.1, 0.15) is 5.82 Å². The zero-order chi connectivity index (χ0) is 19.5. The number of rotatable bonds is 5. The van der Waals surface area contributed by atoms with Crippen LogP contribution in [0.2, 0.25) is 5.02 Å². The van der Waals surface area contributed by atoms with Crippen molar-refractivity contribution in [2.45, 2.75) is 26.2 Å². The molecule has 1 atom stereocenters. The molecule has 4 rings (SSSR count). The summed E-state index contributed by atoms with van der Waals surface area (Å²) >= 11 is 6.22. The van der Waals surface area contributed by atoms with Gasteiger partial charge in [-0.1, -0.05) is 23.7 Å². The Kier molecular flexibility index (Phi) is 5.59. The first-order valence-electron chi connectivity index (χ1n) is 9.65. The van der Waals surface area contributed by atoms with Gasteiger partial charge < -0.3 is 5.32 Å². The minimum Gasteiger partial charge on any atom is -0.324 e. The van der Waals surface area contributed by atoms with Crippen molar-refractivity contribution in [1.82, 2.24) is 19.5 Å². The molecule has 1 unspecified atom stereocenters. The summed E-state index contributed by atoms with van der Waals surface area (Å²) in [7, 11) is 0. The molecule has 0 saturated carbocycles. The molecule has 3 aromatic rings. The van der Waals surface area contributed by atoms with Gasteiger partial charge in [-0.15, -0.1) is 10.2 Å². The van der Waals surface area contributed by atoms with Gasteiger partial charge in [-0.3, -0.25) is 14.1 Å². The maximum absolute atomic E-state index is 12.5. The molecule has 7 heteroatoms. The Hall–Kier alpha value is -2.44. The highest BCUT2D eigenvalue weighted by atomic mass is 35.5. The quantitative estimate of drug-likeness (QED) is 0.714. The highest BCUT2D eigenvalue weighted by Crippen LogP contribution is 2.23. The first-order valence-corrected chi connectivity index (χ1v) is 10.0. The van der Waals surface area contributed by atoms with E-state index in [9.17, 15) is 4.79 Å². The Bertz CT molecular complexity index is 986. The van der Waals surface area contributed by atoms with E-state index in [1.54, 1.807) is 0 Å². The number of anilines is 1. The van der Waals surface area contributed by atoms with E-state index >= 15 is 0 Å². The number of nitrogens with zero attached hydrogens (tertiary/aromatic N) is 4. The Labute approximate surface area is 169 Å². The number of carbonyl (C=O) groups is 1. The van der Waals surface area contributed by atoms with Crippen molar-refractivity contribution >= 4 is 28.8 Å². The normalized spacial score (nSPS) is 17.7. The van der Waals surface area contributed by atoms with Gasteiger partial charge in [0, 0.05) is 19.2 Å². The van der Waals surface area contributed by atoms with Gasteiger partial charge in [-0.2, -0.15) is 0 Å². The first kappa shape index (κ1) is 18.9. The Morgan fingerprint density at radius 2 is 2.18 bits per heavy atom. The number of piperidine rings is 1. The van der Waals surface area contributed by atoms with Crippen LogP contribution in [0.5, 0.6) is 0 Å². The van der Waals surface area contributed by atoms with Gasteiger partial charge in [0.05, 0.1) is 17.3 Å². The van der Waals surface area contributed by atoms with Crippen LogP contribution in [-0.2, 0) is 11.2 Å². The van der Waals surface area contributed by atoms with Gasteiger partial charge in [-0.05, 0) is 62.1 Å². The van der Waals surface area contributed by atoms with Gasteiger partial charge in [0.2, 0.25) is 5.91 Å². The van der Waals surface area contributed by atoms with Crippen molar-refractivity contribution in [2.75, 3.05) is 25.0 Å². The van der Waals surface area contributed by atoms with E-state index in [2.05, 4.69) is 20.4 Å². The number of aryl methyl sites for hydroxylation is 1. The highest BCUT2D eigenvalue weighted by molar-refractivity contribution is 6.33. The monoisotopic (exact) mass is 397 g/mol. The molecule has 1 saturated heterocycles. The maximum Gasteiger partial charge on any atom is 0.238 e. The largest absolute Gasteiger partial charge is 0.324 e. The summed E-state index contributed by atoms with van der Waals surface area (Å²) in [6.07, 6.45) is 5.10. The molecule has 0 bridgehead atoms. The van der Waals surface area contributed by atoms with E-state index in [4.69, 9.17) is 11.6 Å². The van der Waals surface area contributed by atoms with Crippen LogP contribution < -0.4 is 5.32 Å². The van der Waals surface area contributed by atoms with E-state index in [1.807, 2.05) is 53.9 Å². The summed E-state index contributed by atoms with van der Waals surface area (Å²) in [5.74, 6) is 1.43. The molecule has 0 radical (unpaired) electrons. The molecule has 146 valence electrons. The molecule has 1 amide bonds. The third kappa shape index (κ3) is 4.34. The minimum absolute atomic E-state index is 0.0284. The summed E-state index contributed by atoms with van der Waals surface area (Å²) in [5.41, 5.74) is 2.61. The topological polar surface area (TPSA) is 62.5 Å². The number of fused-ring (bicyclic) bond motifs is 1. The fourth-order valence-electron chi connectivity index (χ4n) is 3.86. The average Bonchev–Trinajstić information content (AvgIpc) is 3.07. The zero-order valence-corrected chi connectivity index (χ0v) is 16.7. The van der Waals surface area contributed by atoms with Crippen LogP contribution in [-0.4, -0.2) is 45.0 Å². The Morgan fingerprint density at radius 3 is 3.04 bits per heavy atom. The third-order valence-corrected chi connectivity index (χ3v) is 5.54. The minimum atomic E-state index is -0.0284. The number of amides is 1. The Morgan fingerprint density at radius 1 is 1.29 bits per heavy atom. The SMILES string of the molecule is Cc1ccc(NC(=O)CN2CCCC(Cc3nnc4ccccn34)C2)c(Cl)c1. The smallest absolute Gasteiger partial charge is 0.238 e. The van der Waals surface area contributed by atoms with Crippen molar-refractivity contribution in [3.8, 4) is 0 Å². The number of nitrogens with one attached hydrogen (secondary N) is 1. The molecule has 3 heterocycles. The lowest BCUT2D eigenvalue weighted by Gasteiger charge is -2.31. The lowest BCUT2D eigenvalue weighted by Crippen LogP contribution is -2.41. The number of likely N-dealkylation sites (tertiary alicyclic amines) is 1. The summed E-state index contributed by atoms with van der Waals surface area (Å²) < 4.78 is 2.05. The first-order chi connectivity index (χ1) is 13.6. The standard InChI is InChI=1S/C21H24ClN5O/c1-15-7-8-18(17(22)11-15)23-21(28)14-26-9-4-5-16(13-26)12-20-25-24-19-6-2-3-10-27(19)20/h2-3,6-8,10-11,16H,4-5,9,12-14H2,1H3,(H,23,28). The van der Waals surface area contributed by atoms with Crippen LogP contribution >= 0.6 is 11.6 Å². The molecular weight excluding hydrogens is 374 g/mol. The van der Waals surface area contributed by atoms with Crippen molar-refractivity contribution in [3.63, 3.8) is 0 Å². The van der Waals surface area contributed by atoms with Crippen molar-refractivity contribution < 1.29 is 4.79 Å². The van der Waals surface area contributed by atoms with E-state index in [0.29, 0.717) is 23.2 Å². The van der Waals surface area contributed by atoms with Crippen LogP contribution in [0.3, 0.4) is 0 Å². The Balaban J connectivity index is 1.35. The van der Waals surface area contributed by atoms with Crippen LogP contribution in [0.15, 0.2) is 42.6 Å². The summed E-state index contributed by atoms with van der Waals surface area (Å²) in [6.45, 7) is 4.17. The second-order valence-corrected chi connectivity index (χ2v) is 7.93. The zero-order valence-electron chi connectivity index (χ0n) is 15.9. The number of halogens is 1. The van der Waals surface area contributed by atoms with Gasteiger partial charge >= 0.3 is 0 Å². The van der Waals surface area contributed by atoms with Crippen LogP contribution in [0.1, 0.15) is 24.2 Å². The molecule has 1 aromatic carbocycles. The third-order valence-electron chi connectivity index (χ3n) is 5.22. The predicted molar refractivity (Wildman–Crippen MR) is 111 cm³/mol. The number of aromatic nitrogens is 3. The molecule has 1 aliphatic heterocycles. The summed E-state index contributed by atoms with van der Waals surface area (Å²) in [4.78, 5) is 14.7. The van der Waals surface area contributed by atoms with Crippen LogP contribution in [0, 0.1) is 12.8 Å². The number of carbonyl (C=O) groups excluding carboxylic acids is 1. The molecule has 28 heavy (non-hydrogen) atoms. The van der Waals surface area contributed by atoms with Gasteiger partial charge in [-0.25, -0.2) is 0 Å². The number of hydrogen-bond acceptors (Lipinski definition) is 4. The van der Waals surface area contributed by atoms with E-state index in [0.717, 1.165) is 49.4 Å². The van der Waals surface area contributed by atoms with Gasteiger partial charge in [0.25, 0.3) is 0 Å². The number of hydrogen-bond donors (Lipinski definition) is 1. The number of pyridine rings is 1. The molecule has 1 fully saturated rings. The van der Waals surface area contributed by atoms with Crippen molar-refractivity contribution in [3.05, 3.63) is 59.0 Å². The molecule has 0 aliphatic carbocycles. The fraction of sp³-hybridized carbons (Fsp3) is 0.381. The molecular formula is C21H24ClN5O. The fourth-order valence-corrected chi connectivity index (χ4v) is 4.15. The lowest BCUT2D eigenvalue weighted by molar-refractivity contribution is -0.117. The molecule has 1 N–H and O–H groups in total. The lowest BCUT2D eigenvalue weighted by atomic mass is 9.94. The highest BCUT2D eigenvalue weighted by Gasteiger charge is 2.23. The second kappa shape index (κ2) is 8.29. The maximum atomic E-state index is 12.5. The van der Waals surface area contributed by atoms with E-state index < -0.39 is 0 Å². The van der Waals surface area contributed by atoms with Crippen molar-refractivity contribution in [1.29, 1.82) is 0 Å². The molecule has 2 aromatic heterocycles. The second-order valence-electron chi connectivity index (χ2n) is 7.52. The van der Waals surface area contributed by atoms with Gasteiger partial charge in [0.15, 0.2) is 5.65 Å². The number of benzene rings is 1.